The highest BCUT2D eigenvalue weighted by Crippen LogP contribution is 2.21. The number of esters is 1. The normalized spacial score (nSPS) is 11.9. The Morgan fingerprint density at radius 2 is 2.11 bits per heavy atom. The molecule has 4 heteroatoms. The van der Waals surface area contributed by atoms with Crippen LogP contribution in [0.2, 0.25) is 0 Å². The zero-order valence-corrected chi connectivity index (χ0v) is 11.3. The highest BCUT2D eigenvalue weighted by atomic mass is 16.5. The Morgan fingerprint density at radius 3 is 2.61 bits per heavy atom. The number of likely N-dealkylation sites (N-methyl/N-ethyl adjacent to an activating group) is 1. The predicted molar refractivity (Wildman–Crippen MR) is 74.6 cm³/mol. The summed E-state index contributed by atoms with van der Waals surface area (Å²) in [5, 5.41) is 0. The summed E-state index contributed by atoms with van der Waals surface area (Å²) in [6.45, 7) is 6.97. The number of ether oxygens (including phenoxy) is 1. The second-order valence-electron chi connectivity index (χ2n) is 4.06. The number of hydrogen-bond donors (Lipinski definition) is 1. The fourth-order valence-corrected chi connectivity index (χ4v) is 2.04. The number of hydrogen-bond acceptors (Lipinski definition) is 4. The quantitative estimate of drug-likeness (QED) is 0.622. The molecule has 0 heterocycles. The molecule has 1 rings (SSSR count). The summed E-state index contributed by atoms with van der Waals surface area (Å²) in [5.41, 5.74) is 7.44. The van der Waals surface area contributed by atoms with Gasteiger partial charge in [-0.1, -0.05) is 13.0 Å². The van der Waals surface area contributed by atoms with E-state index in [0.717, 1.165) is 12.2 Å². The van der Waals surface area contributed by atoms with Crippen LogP contribution >= 0.6 is 0 Å². The first-order valence-corrected chi connectivity index (χ1v) is 6.42. The standard InChI is InChI=1S/C14H22N2O2/c1-4-13(14(17)18-6-3)16(5-2)12-9-7-8-11(15)10-12/h7-10,13H,4-6,15H2,1-3H3. The van der Waals surface area contributed by atoms with Crippen LogP contribution in [0.15, 0.2) is 24.3 Å². The minimum absolute atomic E-state index is 0.177. The number of nitrogens with two attached hydrogens (primary N) is 1. The van der Waals surface area contributed by atoms with Crippen molar-refractivity contribution in [3.05, 3.63) is 24.3 Å². The topological polar surface area (TPSA) is 55.6 Å². The molecule has 1 aromatic rings. The van der Waals surface area contributed by atoms with Gasteiger partial charge in [-0.15, -0.1) is 0 Å². The van der Waals surface area contributed by atoms with Gasteiger partial charge in [0, 0.05) is 17.9 Å². The summed E-state index contributed by atoms with van der Waals surface area (Å²) in [6.07, 6.45) is 0.710. The van der Waals surface area contributed by atoms with Gasteiger partial charge in [-0.2, -0.15) is 0 Å². The molecule has 0 amide bonds. The molecule has 1 aromatic carbocycles. The van der Waals surface area contributed by atoms with E-state index in [4.69, 9.17) is 10.5 Å². The molecule has 0 spiro atoms. The lowest BCUT2D eigenvalue weighted by Crippen LogP contribution is -2.42. The van der Waals surface area contributed by atoms with E-state index in [-0.39, 0.29) is 12.0 Å². The third-order valence-electron chi connectivity index (χ3n) is 2.86. The fourth-order valence-electron chi connectivity index (χ4n) is 2.04. The molecular weight excluding hydrogens is 228 g/mol. The van der Waals surface area contributed by atoms with Crippen molar-refractivity contribution in [1.82, 2.24) is 0 Å². The summed E-state index contributed by atoms with van der Waals surface area (Å²) in [4.78, 5) is 14.0. The third-order valence-corrected chi connectivity index (χ3v) is 2.86. The van der Waals surface area contributed by atoms with Gasteiger partial charge >= 0.3 is 5.97 Å². The van der Waals surface area contributed by atoms with Gasteiger partial charge < -0.3 is 15.4 Å². The van der Waals surface area contributed by atoms with Gasteiger partial charge in [0.15, 0.2) is 0 Å². The van der Waals surface area contributed by atoms with E-state index >= 15 is 0 Å². The lowest BCUT2D eigenvalue weighted by Gasteiger charge is -2.30. The molecule has 0 saturated heterocycles. The summed E-state index contributed by atoms with van der Waals surface area (Å²) in [5.74, 6) is -0.177. The number of carbonyl (C=O) groups is 1. The molecule has 100 valence electrons. The van der Waals surface area contributed by atoms with Crippen LogP contribution in [0.25, 0.3) is 0 Å². The molecule has 1 atom stereocenters. The van der Waals surface area contributed by atoms with Crippen LogP contribution in [0.4, 0.5) is 11.4 Å². The number of nitrogen functional groups attached to an aromatic ring is 1. The van der Waals surface area contributed by atoms with Crippen molar-refractivity contribution in [2.45, 2.75) is 33.2 Å². The average molecular weight is 250 g/mol. The number of anilines is 2. The van der Waals surface area contributed by atoms with E-state index in [9.17, 15) is 4.79 Å². The maximum atomic E-state index is 11.9. The first-order valence-electron chi connectivity index (χ1n) is 6.42. The Balaban J connectivity index is 2.96. The molecule has 4 nitrogen and oxygen atoms in total. The van der Waals surface area contributed by atoms with Crippen molar-refractivity contribution in [3.8, 4) is 0 Å². The lowest BCUT2D eigenvalue weighted by atomic mass is 10.1. The minimum atomic E-state index is -0.253. The Labute approximate surface area is 109 Å². The van der Waals surface area contributed by atoms with Gasteiger partial charge in [0.1, 0.15) is 6.04 Å². The maximum Gasteiger partial charge on any atom is 0.328 e. The fraction of sp³-hybridized carbons (Fsp3) is 0.500. The average Bonchev–Trinajstić information content (AvgIpc) is 2.35. The van der Waals surface area contributed by atoms with Crippen molar-refractivity contribution in [2.24, 2.45) is 0 Å². The van der Waals surface area contributed by atoms with Crippen LogP contribution in [-0.4, -0.2) is 25.2 Å². The number of rotatable bonds is 6. The van der Waals surface area contributed by atoms with Crippen LogP contribution in [0.5, 0.6) is 0 Å². The molecule has 0 bridgehead atoms. The Bertz CT molecular complexity index is 393. The zero-order valence-electron chi connectivity index (χ0n) is 11.3. The number of nitrogens with zero attached hydrogens (tertiary/aromatic N) is 1. The molecule has 0 aromatic heterocycles. The van der Waals surface area contributed by atoms with Gasteiger partial charge in [-0.25, -0.2) is 4.79 Å². The van der Waals surface area contributed by atoms with Crippen molar-refractivity contribution in [2.75, 3.05) is 23.8 Å². The highest BCUT2D eigenvalue weighted by molar-refractivity contribution is 5.80. The maximum absolute atomic E-state index is 11.9. The summed E-state index contributed by atoms with van der Waals surface area (Å²) in [6, 6.07) is 7.32. The third kappa shape index (κ3) is 3.39. The molecular formula is C14H22N2O2. The Hall–Kier alpha value is -1.71. The molecule has 0 aliphatic rings. The molecule has 0 radical (unpaired) electrons. The van der Waals surface area contributed by atoms with Crippen molar-refractivity contribution in [1.29, 1.82) is 0 Å². The van der Waals surface area contributed by atoms with Crippen LogP contribution in [0, 0.1) is 0 Å². The minimum Gasteiger partial charge on any atom is -0.464 e. The van der Waals surface area contributed by atoms with E-state index in [0.29, 0.717) is 18.7 Å². The SMILES string of the molecule is CCOC(=O)C(CC)N(CC)c1cccc(N)c1. The molecule has 1 unspecified atom stereocenters. The highest BCUT2D eigenvalue weighted by Gasteiger charge is 2.24. The second-order valence-corrected chi connectivity index (χ2v) is 4.06. The molecule has 0 saturated carbocycles. The van der Waals surface area contributed by atoms with E-state index in [1.165, 1.54) is 0 Å². The monoisotopic (exact) mass is 250 g/mol. The molecule has 0 aliphatic heterocycles. The van der Waals surface area contributed by atoms with Crippen molar-refractivity contribution >= 4 is 17.3 Å². The van der Waals surface area contributed by atoms with E-state index in [1.54, 1.807) is 0 Å². The van der Waals surface area contributed by atoms with Crippen LogP contribution in [-0.2, 0) is 9.53 Å². The Kier molecular flexibility index (Phi) is 5.49. The van der Waals surface area contributed by atoms with Gasteiger partial charge in [-0.3, -0.25) is 0 Å². The van der Waals surface area contributed by atoms with Gasteiger partial charge in [0.05, 0.1) is 6.61 Å². The van der Waals surface area contributed by atoms with Crippen molar-refractivity contribution in [3.63, 3.8) is 0 Å². The summed E-state index contributed by atoms with van der Waals surface area (Å²) in [7, 11) is 0. The van der Waals surface area contributed by atoms with Crippen LogP contribution < -0.4 is 10.6 Å². The lowest BCUT2D eigenvalue weighted by molar-refractivity contribution is -0.144. The summed E-state index contributed by atoms with van der Waals surface area (Å²) < 4.78 is 5.12. The van der Waals surface area contributed by atoms with E-state index < -0.39 is 0 Å². The predicted octanol–water partition coefficient (Wildman–Crippen LogP) is 2.44. The largest absolute Gasteiger partial charge is 0.464 e. The van der Waals surface area contributed by atoms with E-state index in [2.05, 4.69) is 0 Å². The van der Waals surface area contributed by atoms with Crippen LogP contribution in [0.1, 0.15) is 27.2 Å². The smallest absolute Gasteiger partial charge is 0.328 e. The van der Waals surface area contributed by atoms with E-state index in [1.807, 2.05) is 49.9 Å². The first-order chi connectivity index (χ1) is 8.63. The molecule has 2 N–H and O–H groups in total. The zero-order chi connectivity index (χ0) is 13.5. The van der Waals surface area contributed by atoms with Gasteiger partial charge in [-0.05, 0) is 38.5 Å². The molecule has 0 aliphatic carbocycles. The van der Waals surface area contributed by atoms with Crippen LogP contribution in [0.3, 0.4) is 0 Å². The summed E-state index contributed by atoms with van der Waals surface area (Å²) >= 11 is 0. The first kappa shape index (κ1) is 14.4. The molecule has 18 heavy (non-hydrogen) atoms. The second kappa shape index (κ2) is 6.89. The Morgan fingerprint density at radius 1 is 1.39 bits per heavy atom. The van der Waals surface area contributed by atoms with Crippen molar-refractivity contribution < 1.29 is 9.53 Å². The number of carbonyl (C=O) groups excluding carboxylic acids is 1. The van der Waals surface area contributed by atoms with Gasteiger partial charge in [0.25, 0.3) is 0 Å². The number of benzene rings is 1. The molecule has 0 fully saturated rings. The van der Waals surface area contributed by atoms with Gasteiger partial charge in [0.2, 0.25) is 0 Å².